The highest BCUT2D eigenvalue weighted by molar-refractivity contribution is 5.29. The Balaban J connectivity index is 2.04. The van der Waals surface area contributed by atoms with Crippen LogP contribution in [0, 0.1) is 5.92 Å². The van der Waals surface area contributed by atoms with Crippen LogP contribution in [-0.4, -0.2) is 37.7 Å². The maximum atomic E-state index is 5.25. The van der Waals surface area contributed by atoms with E-state index in [9.17, 15) is 0 Å². The van der Waals surface area contributed by atoms with Gasteiger partial charge in [0.15, 0.2) is 0 Å². The minimum atomic E-state index is 0.430. The van der Waals surface area contributed by atoms with Gasteiger partial charge in [-0.3, -0.25) is 0 Å². The molecule has 1 aromatic carbocycles. The fraction of sp³-hybridized carbons (Fsp3) is 0.667. The third-order valence-corrected chi connectivity index (χ3v) is 4.95. The molecule has 0 saturated carbocycles. The van der Waals surface area contributed by atoms with E-state index in [1.54, 1.807) is 7.11 Å². The quantitative estimate of drug-likeness (QED) is 0.898. The van der Waals surface area contributed by atoms with E-state index in [1.807, 2.05) is 0 Å². The van der Waals surface area contributed by atoms with Gasteiger partial charge in [0.25, 0.3) is 0 Å². The fourth-order valence-electron chi connectivity index (χ4n) is 3.32. The molecule has 3 heteroatoms. The van der Waals surface area contributed by atoms with Crippen molar-refractivity contribution in [2.24, 2.45) is 5.92 Å². The maximum Gasteiger partial charge on any atom is 0.118 e. The van der Waals surface area contributed by atoms with Gasteiger partial charge in [-0.25, -0.2) is 0 Å². The molecule has 1 fully saturated rings. The van der Waals surface area contributed by atoms with E-state index < -0.39 is 0 Å². The molecule has 21 heavy (non-hydrogen) atoms. The first kappa shape index (κ1) is 16.3. The molecule has 0 amide bonds. The Labute approximate surface area is 129 Å². The van der Waals surface area contributed by atoms with E-state index in [0.717, 1.165) is 12.2 Å². The zero-order valence-electron chi connectivity index (χ0n) is 14.1. The first-order valence-corrected chi connectivity index (χ1v) is 8.15. The molecule has 0 aliphatic carbocycles. The summed E-state index contributed by atoms with van der Waals surface area (Å²) in [5.74, 6) is 1.62. The van der Waals surface area contributed by atoms with Crippen LogP contribution in [0.3, 0.4) is 0 Å². The lowest BCUT2D eigenvalue weighted by Crippen LogP contribution is -2.51. The van der Waals surface area contributed by atoms with Gasteiger partial charge in [0.2, 0.25) is 0 Å². The van der Waals surface area contributed by atoms with Crippen LogP contribution in [0.15, 0.2) is 24.3 Å². The first-order chi connectivity index (χ1) is 10.0. The van der Waals surface area contributed by atoms with Crippen LogP contribution >= 0.6 is 0 Å². The molecule has 2 rings (SSSR count). The van der Waals surface area contributed by atoms with Gasteiger partial charge in [-0.15, -0.1) is 0 Å². The van der Waals surface area contributed by atoms with Crippen molar-refractivity contribution in [2.45, 2.75) is 51.7 Å². The Morgan fingerprint density at radius 3 is 2.52 bits per heavy atom. The maximum absolute atomic E-state index is 5.25. The standard InChI is InChI=1S/C18H30N2O/c1-6-17(15-7-9-16(21-5)10-8-15)19-18-11-14(3)20(4)12-13(18)2/h7-10,13-14,17-19H,6,11-12H2,1-5H3. The van der Waals surface area contributed by atoms with Gasteiger partial charge in [-0.2, -0.15) is 0 Å². The van der Waals surface area contributed by atoms with Crippen LogP contribution in [0.4, 0.5) is 0 Å². The number of likely N-dealkylation sites (tertiary alicyclic amines) is 1. The summed E-state index contributed by atoms with van der Waals surface area (Å²) in [4.78, 5) is 2.47. The molecular formula is C18H30N2O. The average Bonchev–Trinajstić information content (AvgIpc) is 2.50. The molecule has 1 aromatic rings. The second kappa shape index (κ2) is 7.28. The Kier molecular flexibility index (Phi) is 5.65. The van der Waals surface area contributed by atoms with Crippen molar-refractivity contribution in [2.75, 3.05) is 20.7 Å². The predicted molar refractivity (Wildman–Crippen MR) is 88.8 cm³/mol. The fourth-order valence-corrected chi connectivity index (χ4v) is 3.32. The number of benzene rings is 1. The number of rotatable bonds is 5. The Bertz CT molecular complexity index is 431. The molecule has 4 unspecified atom stereocenters. The molecule has 0 aromatic heterocycles. The van der Waals surface area contributed by atoms with Crippen molar-refractivity contribution in [3.63, 3.8) is 0 Å². The summed E-state index contributed by atoms with van der Waals surface area (Å²) >= 11 is 0. The van der Waals surface area contributed by atoms with E-state index in [0.29, 0.717) is 24.0 Å². The van der Waals surface area contributed by atoms with Gasteiger partial charge in [-0.05, 0) is 50.4 Å². The molecule has 0 radical (unpaired) electrons. The largest absolute Gasteiger partial charge is 0.497 e. The predicted octanol–water partition coefficient (Wildman–Crippen LogP) is 3.46. The van der Waals surface area contributed by atoms with Crippen LogP contribution in [0.5, 0.6) is 5.75 Å². The lowest BCUT2D eigenvalue weighted by Gasteiger charge is -2.41. The second-order valence-electron chi connectivity index (χ2n) is 6.51. The summed E-state index contributed by atoms with van der Waals surface area (Å²) in [6.07, 6.45) is 2.34. The average molecular weight is 290 g/mol. The van der Waals surface area contributed by atoms with Gasteiger partial charge >= 0.3 is 0 Å². The van der Waals surface area contributed by atoms with Crippen LogP contribution in [0.25, 0.3) is 0 Å². The third kappa shape index (κ3) is 3.98. The highest BCUT2D eigenvalue weighted by Gasteiger charge is 2.30. The van der Waals surface area contributed by atoms with Crippen LogP contribution in [0.2, 0.25) is 0 Å². The van der Waals surface area contributed by atoms with Crippen molar-refractivity contribution in [3.05, 3.63) is 29.8 Å². The van der Waals surface area contributed by atoms with Gasteiger partial charge in [0.1, 0.15) is 5.75 Å². The van der Waals surface area contributed by atoms with Gasteiger partial charge in [0, 0.05) is 24.7 Å². The summed E-state index contributed by atoms with van der Waals surface area (Å²) in [6, 6.07) is 10.2. The second-order valence-corrected chi connectivity index (χ2v) is 6.51. The molecule has 4 atom stereocenters. The molecule has 0 spiro atoms. The van der Waals surface area contributed by atoms with E-state index in [-0.39, 0.29) is 0 Å². The molecule has 1 N–H and O–H groups in total. The molecule has 1 aliphatic heterocycles. The minimum Gasteiger partial charge on any atom is -0.497 e. The molecule has 3 nitrogen and oxygen atoms in total. The summed E-state index contributed by atoms with van der Waals surface area (Å²) in [5, 5.41) is 3.89. The van der Waals surface area contributed by atoms with Crippen molar-refractivity contribution in [1.29, 1.82) is 0 Å². The van der Waals surface area contributed by atoms with E-state index in [1.165, 1.54) is 18.5 Å². The van der Waals surface area contributed by atoms with Gasteiger partial charge in [0.05, 0.1) is 7.11 Å². The SMILES string of the molecule is CCC(NC1CC(C)N(C)CC1C)c1ccc(OC)cc1. The number of piperidine rings is 1. The summed E-state index contributed by atoms with van der Waals surface area (Å²) in [5.41, 5.74) is 1.36. The zero-order chi connectivity index (χ0) is 15.4. The van der Waals surface area contributed by atoms with Gasteiger partial charge < -0.3 is 15.0 Å². The zero-order valence-corrected chi connectivity index (χ0v) is 14.1. The highest BCUT2D eigenvalue weighted by atomic mass is 16.5. The lowest BCUT2D eigenvalue weighted by molar-refractivity contribution is 0.115. The topological polar surface area (TPSA) is 24.5 Å². The molecular weight excluding hydrogens is 260 g/mol. The Hall–Kier alpha value is -1.06. The van der Waals surface area contributed by atoms with Crippen molar-refractivity contribution in [1.82, 2.24) is 10.2 Å². The molecule has 1 heterocycles. The number of ether oxygens (including phenoxy) is 1. The van der Waals surface area contributed by atoms with Crippen molar-refractivity contribution >= 4 is 0 Å². The summed E-state index contributed by atoms with van der Waals surface area (Å²) in [6.45, 7) is 8.12. The number of nitrogens with zero attached hydrogens (tertiary/aromatic N) is 1. The molecule has 1 aliphatic rings. The number of methoxy groups -OCH3 is 1. The number of hydrogen-bond donors (Lipinski definition) is 1. The summed E-state index contributed by atoms with van der Waals surface area (Å²) in [7, 11) is 3.95. The molecule has 1 saturated heterocycles. The lowest BCUT2D eigenvalue weighted by atomic mass is 9.88. The molecule has 0 bridgehead atoms. The van der Waals surface area contributed by atoms with E-state index in [2.05, 4.69) is 62.3 Å². The molecule has 118 valence electrons. The van der Waals surface area contributed by atoms with Crippen LogP contribution in [0.1, 0.15) is 45.2 Å². The smallest absolute Gasteiger partial charge is 0.118 e. The van der Waals surface area contributed by atoms with E-state index >= 15 is 0 Å². The highest BCUT2D eigenvalue weighted by Crippen LogP contribution is 2.26. The van der Waals surface area contributed by atoms with Crippen molar-refractivity contribution in [3.8, 4) is 5.75 Å². The van der Waals surface area contributed by atoms with E-state index in [4.69, 9.17) is 4.74 Å². The van der Waals surface area contributed by atoms with Gasteiger partial charge in [-0.1, -0.05) is 26.0 Å². The summed E-state index contributed by atoms with van der Waals surface area (Å²) < 4.78 is 5.25. The number of hydrogen-bond acceptors (Lipinski definition) is 3. The minimum absolute atomic E-state index is 0.430. The number of nitrogens with one attached hydrogen (secondary N) is 1. The van der Waals surface area contributed by atoms with Crippen LogP contribution in [-0.2, 0) is 0 Å². The van der Waals surface area contributed by atoms with Crippen molar-refractivity contribution < 1.29 is 4.74 Å². The Morgan fingerprint density at radius 2 is 1.95 bits per heavy atom. The normalized spacial score (nSPS) is 28.3. The first-order valence-electron chi connectivity index (χ1n) is 8.15. The van der Waals surface area contributed by atoms with Crippen LogP contribution < -0.4 is 10.1 Å². The monoisotopic (exact) mass is 290 g/mol. The Morgan fingerprint density at radius 1 is 1.29 bits per heavy atom. The third-order valence-electron chi connectivity index (χ3n) is 4.95.